The molecule has 0 bridgehead atoms. The lowest BCUT2D eigenvalue weighted by Crippen LogP contribution is -2.09. The largest absolute Gasteiger partial charge is 0.322 e. The van der Waals surface area contributed by atoms with Gasteiger partial charge in [0.2, 0.25) is 5.91 Å². The number of aromatic nitrogens is 1. The van der Waals surface area contributed by atoms with Crippen molar-refractivity contribution in [1.29, 1.82) is 0 Å². The van der Waals surface area contributed by atoms with Gasteiger partial charge in [-0.25, -0.2) is 0 Å². The highest BCUT2D eigenvalue weighted by Crippen LogP contribution is 2.29. The van der Waals surface area contributed by atoms with Gasteiger partial charge in [-0.2, -0.15) is 0 Å². The van der Waals surface area contributed by atoms with Crippen molar-refractivity contribution in [2.24, 2.45) is 0 Å². The van der Waals surface area contributed by atoms with Crippen LogP contribution in [-0.2, 0) is 4.79 Å². The van der Waals surface area contributed by atoms with Crippen molar-refractivity contribution >= 4 is 40.2 Å². The Hall–Kier alpha value is -2.65. The molecular weight excluding hydrogens is 320 g/mol. The molecule has 0 aliphatic carbocycles. The molecule has 0 radical (unpaired) electrons. The van der Waals surface area contributed by atoms with Crippen molar-refractivity contribution in [1.82, 2.24) is 4.98 Å². The first-order chi connectivity index (χ1) is 11.5. The molecule has 1 amide bonds. The maximum Gasteiger partial charge on any atom is 0.248 e. The highest BCUT2D eigenvalue weighted by molar-refractivity contribution is 6.32. The molecule has 1 heterocycles. The molecule has 0 aliphatic heterocycles. The van der Waals surface area contributed by atoms with Crippen molar-refractivity contribution < 1.29 is 4.79 Å². The molecule has 0 saturated carbocycles. The number of rotatable bonds is 3. The minimum atomic E-state index is -0.182. The van der Waals surface area contributed by atoms with Crippen LogP contribution in [-0.4, -0.2) is 10.9 Å². The third-order valence-electron chi connectivity index (χ3n) is 3.78. The van der Waals surface area contributed by atoms with Gasteiger partial charge in [0.25, 0.3) is 0 Å². The number of nitrogens with one attached hydrogen (secondary N) is 1. The number of fused-ring (bicyclic) bond motifs is 1. The lowest BCUT2D eigenvalue weighted by Gasteiger charge is -2.11. The van der Waals surface area contributed by atoms with Crippen molar-refractivity contribution in [3.8, 4) is 0 Å². The first kappa shape index (κ1) is 16.2. The molecular formula is C20H17ClN2O. The molecule has 0 unspecified atom stereocenters. The zero-order chi connectivity index (χ0) is 17.1. The lowest BCUT2D eigenvalue weighted by atomic mass is 10.1. The first-order valence-corrected chi connectivity index (χ1v) is 8.03. The average Bonchev–Trinajstić information content (AvgIpc) is 2.57. The number of hydrogen-bond acceptors (Lipinski definition) is 2. The Morgan fingerprint density at radius 2 is 1.88 bits per heavy atom. The van der Waals surface area contributed by atoms with Crippen LogP contribution >= 0.6 is 11.6 Å². The van der Waals surface area contributed by atoms with Crippen LogP contribution in [0.3, 0.4) is 0 Å². The summed E-state index contributed by atoms with van der Waals surface area (Å²) in [6.45, 7) is 3.83. The number of aryl methyl sites for hydroxylation is 2. The van der Waals surface area contributed by atoms with Crippen LogP contribution in [0.1, 0.15) is 16.8 Å². The standard InChI is InChI=1S/C20H17ClN2O/c1-13-12-18(16-9-10-17(21)14(2)20(16)22-13)23-19(24)11-8-15-6-4-3-5-7-15/h3-12H,1-2H3,(H,22,23,24)/b11-8+. The molecule has 3 aromatic rings. The van der Waals surface area contributed by atoms with Gasteiger partial charge < -0.3 is 5.32 Å². The van der Waals surface area contributed by atoms with Gasteiger partial charge in [-0.05, 0) is 49.2 Å². The Morgan fingerprint density at radius 3 is 2.62 bits per heavy atom. The SMILES string of the molecule is Cc1cc(NC(=O)/C=C/c2ccccc2)c2ccc(Cl)c(C)c2n1. The number of hydrogen-bond donors (Lipinski definition) is 1. The fourth-order valence-electron chi connectivity index (χ4n) is 2.55. The summed E-state index contributed by atoms with van der Waals surface area (Å²) in [4.78, 5) is 16.8. The number of anilines is 1. The van der Waals surface area contributed by atoms with E-state index in [1.165, 1.54) is 6.08 Å². The molecule has 4 heteroatoms. The number of benzene rings is 2. The van der Waals surface area contributed by atoms with E-state index in [1.807, 2.05) is 62.4 Å². The Kier molecular flexibility index (Phi) is 4.63. The average molecular weight is 337 g/mol. The van der Waals surface area contributed by atoms with Crippen LogP contribution in [0, 0.1) is 13.8 Å². The van der Waals surface area contributed by atoms with E-state index in [0.717, 1.165) is 33.4 Å². The van der Waals surface area contributed by atoms with Crippen molar-refractivity contribution in [3.63, 3.8) is 0 Å². The second-order valence-corrected chi connectivity index (χ2v) is 6.02. The molecule has 0 spiro atoms. The highest BCUT2D eigenvalue weighted by Gasteiger charge is 2.10. The zero-order valence-electron chi connectivity index (χ0n) is 13.5. The van der Waals surface area contributed by atoms with E-state index in [9.17, 15) is 4.79 Å². The number of halogens is 1. The van der Waals surface area contributed by atoms with Crippen LogP contribution in [0.5, 0.6) is 0 Å². The van der Waals surface area contributed by atoms with E-state index in [2.05, 4.69) is 10.3 Å². The number of carbonyl (C=O) groups is 1. The van der Waals surface area contributed by atoms with E-state index < -0.39 is 0 Å². The van der Waals surface area contributed by atoms with Crippen LogP contribution < -0.4 is 5.32 Å². The Labute approximate surface area is 146 Å². The minimum Gasteiger partial charge on any atom is -0.322 e. The second kappa shape index (κ2) is 6.85. The maximum atomic E-state index is 12.2. The van der Waals surface area contributed by atoms with E-state index >= 15 is 0 Å². The van der Waals surface area contributed by atoms with Gasteiger partial charge in [-0.1, -0.05) is 41.9 Å². The van der Waals surface area contributed by atoms with E-state index in [4.69, 9.17) is 11.6 Å². The molecule has 0 atom stereocenters. The number of amides is 1. The summed E-state index contributed by atoms with van der Waals surface area (Å²) in [5.74, 6) is -0.182. The van der Waals surface area contributed by atoms with Crippen molar-refractivity contribution in [3.05, 3.63) is 76.5 Å². The number of nitrogens with zero attached hydrogens (tertiary/aromatic N) is 1. The molecule has 120 valence electrons. The third kappa shape index (κ3) is 3.47. The molecule has 1 aromatic heterocycles. The fourth-order valence-corrected chi connectivity index (χ4v) is 2.70. The van der Waals surface area contributed by atoms with Crippen molar-refractivity contribution in [2.45, 2.75) is 13.8 Å². The molecule has 0 aliphatic rings. The summed E-state index contributed by atoms with van der Waals surface area (Å²) in [7, 11) is 0. The monoisotopic (exact) mass is 336 g/mol. The second-order valence-electron chi connectivity index (χ2n) is 5.61. The van der Waals surface area contributed by atoms with Crippen LogP contribution in [0.25, 0.3) is 17.0 Å². The van der Waals surface area contributed by atoms with Gasteiger partial charge in [-0.15, -0.1) is 0 Å². The van der Waals surface area contributed by atoms with Gasteiger partial charge in [-0.3, -0.25) is 9.78 Å². The van der Waals surface area contributed by atoms with Gasteiger partial charge in [0, 0.05) is 22.2 Å². The third-order valence-corrected chi connectivity index (χ3v) is 4.19. The van der Waals surface area contributed by atoms with Gasteiger partial charge in [0.1, 0.15) is 0 Å². The summed E-state index contributed by atoms with van der Waals surface area (Å²) < 4.78 is 0. The maximum absolute atomic E-state index is 12.2. The van der Waals surface area contributed by atoms with E-state index in [1.54, 1.807) is 6.08 Å². The van der Waals surface area contributed by atoms with Crippen molar-refractivity contribution in [2.75, 3.05) is 5.32 Å². The Bertz CT molecular complexity index is 933. The van der Waals surface area contributed by atoms with Crippen LogP contribution in [0.4, 0.5) is 5.69 Å². The first-order valence-electron chi connectivity index (χ1n) is 7.65. The summed E-state index contributed by atoms with van der Waals surface area (Å²) in [6, 6.07) is 15.3. The molecule has 24 heavy (non-hydrogen) atoms. The Balaban J connectivity index is 1.91. The predicted molar refractivity (Wildman–Crippen MR) is 100 cm³/mol. The minimum absolute atomic E-state index is 0.182. The molecule has 0 saturated heterocycles. The number of carbonyl (C=O) groups excluding carboxylic acids is 1. The lowest BCUT2D eigenvalue weighted by molar-refractivity contribution is -0.111. The topological polar surface area (TPSA) is 42.0 Å². The van der Waals surface area contributed by atoms with Gasteiger partial charge >= 0.3 is 0 Å². The van der Waals surface area contributed by atoms with Gasteiger partial charge in [0.05, 0.1) is 11.2 Å². The molecule has 1 N–H and O–H groups in total. The molecule has 0 fully saturated rings. The van der Waals surface area contributed by atoms with Crippen LogP contribution in [0.2, 0.25) is 5.02 Å². The van der Waals surface area contributed by atoms with Gasteiger partial charge in [0.15, 0.2) is 0 Å². The zero-order valence-corrected chi connectivity index (χ0v) is 14.3. The summed E-state index contributed by atoms with van der Waals surface area (Å²) in [5, 5.41) is 4.48. The number of pyridine rings is 1. The molecule has 3 rings (SSSR count). The smallest absolute Gasteiger partial charge is 0.248 e. The van der Waals surface area contributed by atoms with E-state index in [0.29, 0.717) is 5.02 Å². The summed E-state index contributed by atoms with van der Waals surface area (Å²) in [6.07, 6.45) is 3.31. The summed E-state index contributed by atoms with van der Waals surface area (Å²) in [5.41, 5.74) is 4.26. The quantitative estimate of drug-likeness (QED) is 0.671. The molecule has 2 aromatic carbocycles. The normalized spacial score (nSPS) is 11.1. The highest BCUT2D eigenvalue weighted by atomic mass is 35.5. The molecule has 3 nitrogen and oxygen atoms in total. The predicted octanol–water partition coefficient (Wildman–Crippen LogP) is 5.16. The van der Waals surface area contributed by atoms with Crippen LogP contribution in [0.15, 0.2) is 54.6 Å². The fraction of sp³-hybridized carbons (Fsp3) is 0.100. The van der Waals surface area contributed by atoms with E-state index in [-0.39, 0.29) is 5.91 Å². The summed E-state index contributed by atoms with van der Waals surface area (Å²) >= 11 is 6.18. The Morgan fingerprint density at radius 1 is 1.12 bits per heavy atom.